The van der Waals surface area contributed by atoms with E-state index in [4.69, 9.17) is 14.7 Å². The van der Waals surface area contributed by atoms with E-state index in [9.17, 15) is 4.79 Å². The second-order valence-electron chi connectivity index (χ2n) is 5.51. The van der Waals surface area contributed by atoms with Gasteiger partial charge in [-0.1, -0.05) is 12.1 Å². The Labute approximate surface area is 161 Å². The van der Waals surface area contributed by atoms with Crippen molar-refractivity contribution in [3.63, 3.8) is 0 Å². The van der Waals surface area contributed by atoms with Crippen LogP contribution in [0.5, 0.6) is 11.5 Å². The van der Waals surface area contributed by atoms with Gasteiger partial charge in [-0.25, -0.2) is 0 Å². The van der Waals surface area contributed by atoms with Gasteiger partial charge >= 0.3 is 0 Å². The summed E-state index contributed by atoms with van der Waals surface area (Å²) in [5.41, 5.74) is 2.25. The highest BCUT2D eigenvalue weighted by Crippen LogP contribution is 2.46. The molecule has 0 radical (unpaired) electrons. The van der Waals surface area contributed by atoms with Crippen LogP contribution < -0.4 is 14.8 Å². The van der Waals surface area contributed by atoms with Gasteiger partial charge in [-0.3, -0.25) is 4.79 Å². The van der Waals surface area contributed by atoms with Gasteiger partial charge in [0.05, 0.1) is 23.3 Å². The lowest BCUT2D eigenvalue weighted by Crippen LogP contribution is -2.20. The van der Waals surface area contributed by atoms with Gasteiger partial charge in [0.1, 0.15) is 0 Å². The molecule has 2 aromatic rings. The van der Waals surface area contributed by atoms with Crippen molar-refractivity contribution in [2.75, 3.05) is 30.5 Å². The first-order chi connectivity index (χ1) is 12.7. The fraction of sp³-hybridized carbons (Fsp3) is 0.263. The predicted octanol–water partition coefficient (Wildman–Crippen LogP) is 4.06. The molecular weight excluding hydrogens is 368 g/mol. The number of methoxy groups -OCH3 is 1. The summed E-state index contributed by atoms with van der Waals surface area (Å²) in [4.78, 5) is 12.1. The van der Waals surface area contributed by atoms with Crippen molar-refractivity contribution in [1.82, 2.24) is 0 Å². The Morgan fingerprint density at radius 1 is 1.23 bits per heavy atom. The van der Waals surface area contributed by atoms with Crippen LogP contribution in [0.2, 0.25) is 0 Å². The summed E-state index contributed by atoms with van der Waals surface area (Å²) in [7, 11) is 1.59. The number of rotatable bonds is 6. The summed E-state index contributed by atoms with van der Waals surface area (Å²) in [6.07, 6.45) is 0. The van der Waals surface area contributed by atoms with E-state index in [-0.39, 0.29) is 12.5 Å². The van der Waals surface area contributed by atoms with Crippen LogP contribution in [0.15, 0.2) is 42.5 Å². The Bertz CT molecular complexity index is 830. The van der Waals surface area contributed by atoms with Gasteiger partial charge in [0.2, 0.25) is 0 Å². The summed E-state index contributed by atoms with van der Waals surface area (Å²) in [5, 5.41) is 11.6. The van der Waals surface area contributed by atoms with Crippen LogP contribution in [0.1, 0.15) is 15.7 Å². The molecule has 0 aliphatic carbocycles. The summed E-state index contributed by atoms with van der Waals surface area (Å²) in [5.74, 6) is 3.17. The van der Waals surface area contributed by atoms with Gasteiger partial charge < -0.3 is 14.8 Å². The van der Waals surface area contributed by atoms with Gasteiger partial charge in [-0.15, -0.1) is 23.5 Å². The number of amides is 1. The molecule has 1 aliphatic rings. The molecule has 7 heteroatoms. The van der Waals surface area contributed by atoms with Crippen molar-refractivity contribution in [2.24, 2.45) is 0 Å². The van der Waals surface area contributed by atoms with E-state index in [1.807, 2.05) is 47.8 Å². The third kappa shape index (κ3) is 4.65. The topological polar surface area (TPSA) is 71.3 Å². The fourth-order valence-corrected chi connectivity index (χ4v) is 5.35. The third-order valence-electron chi connectivity index (χ3n) is 3.72. The normalized spacial score (nSPS) is 13.8. The maximum absolute atomic E-state index is 12.1. The Balaban J connectivity index is 1.61. The summed E-state index contributed by atoms with van der Waals surface area (Å²) < 4.78 is 11.5. The standard InChI is InChI=1S/C19H18N2O3S2/c1-23-17-10-14(19-25-7-8-26-19)5-6-16(17)24-12-18(22)21-15-4-2-3-13(9-15)11-20/h2-6,9-10,19H,7-8,12H2,1H3,(H,21,22). The SMILES string of the molecule is COc1cc(C2SCCS2)ccc1OCC(=O)Nc1cccc(C#N)c1. The molecule has 2 aromatic carbocycles. The lowest BCUT2D eigenvalue weighted by Gasteiger charge is -2.14. The van der Waals surface area contributed by atoms with Crippen molar-refractivity contribution in [1.29, 1.82) is 5.26 Å². The van der Waals surface area contributed by atoms with E-state index in [0.29, 0.717) is 27.3 Å². The summed E-state index contributed by atoms with van der Waals surface area (Å²) in [6, 6.07) is 14.6. The molecule has 1 amide bonds. The monoisotopic (exact) mass is 386 g/mol. The number of nitrogens with zero attached hydrogens (tertiary/aromatic N) is 1. The van der Waals surface area contributed by atoms with Gasteiger partial charge in [-0.05, 0) is 35.9 Å². The minimum absolute atomic E-state index is 0.139. The molecule has 0 saturated carbocycles. The van der Waals surface area contributed by atoms with E-state index < -0.39 is 0 Å². The highest BCUT2D eigenvalue weighted by molar-refractivity contribution is 8.19. The first-order valence-corrected chi connectivity index (χ1v) is 10.1. The van der Waals surface area contributed by atoms with Crippen molar-refractivity contribution in [2.45, 2.75) is 4.58 Å². The smallest absolute Gasteiger partial charge is 0.262 e. The lowest BCUT2D eigenvalue weighted by molar-refractivity contribution is -0.118. The Morgan fingerprint density at radius 2 is 2.04 bits per heavy atom. The van der Waals surface area contributed by atoms with Crippen LogP contribution in [0.25, 0.3) is 0 Å². The molecule has 0 aromatic heterocycles. The minimum Gasteiger partial charge on any atom is -0.493 e. The number of ether oxygens (including phenoxy) is 2. The lowest BCUT2D eigenvalue weighted by atomic mass is 10.2. The molecule has 3 rings (SSSR count). The van der Waals surface area contributed by atoms with Gasteiger partial charge in [-0.2, -0.15) is 5.26 Å². The molecule has 0 spiro atoms. The van der Waals surface area contributed by atoms with Gasteiger partial charge in [0.15, 0.2) is 18.1 Å². The Hall–Kier alpha value is -2.30. The Kier molecular flexibility index (Phi) is 6.31. The molecule has 1 fully saturated rings. The predicted molar refractivity (Wildman–Crippen MR) is 106 cm³/mol. The molecule has 0 bridgehead atoms. The maximum atomic E-state index is 12.1. The molecule has 1 N–H and O–H groups in total. The molecule has 26 heavy (non-hydrogen) atoms. The van der Waals surface area contributed by atoms with Crippen molar-refractivity contribution >= 4 is 35.1 Å². The molecule has 134 valence electrons. The fourth-order valence-electron chi connectivity index (χ4n) is 2.51. The average molecular weight is 386 g/mol. The molecule has 1 saturated heterocycles. The zero-order chi connectivity index (χ0) is 18.4. The van der Waals surface area contributed by atoms with Crippen LogP contribution in [-0.4, -0.2) is 31.1 Å². The van der Waals surface area contributed by atoms with Crippen molar-refractivity contribution in [3.05, 3.63) is 53.6 Å². The van der Waals surface area contributed by atoms with E-state index in [0.717, 1.165) is 11.5 Å². The number of carbonyl (C=O) groups excluding carboxylic acids is 1. The molecule has 5 nitrogen and oxygen atoms in total. The Morgan fingerprint density at radius 3 is 2.77 bits per heavy atom. The second-order valence-corrected chi connectivity index (χ2v) is 8.24. The minimum atomic E-state index is -0.298. The average Bonchev–Trinajstić information content (AvgIpc) is 3.21. The molecule has 0 unspecified atom stereocenters. The molecule has 1 heterocycles. The van der Waals surface area contributed by atoms with Crippen LogP contribution in [0, 0.1) is 11.3 Å². The highest BCUT2D eigenvalue weighted by atomic mass is 32.2. The first kappa shape index (κ1) is 18.5. The van der Waals surface area contributed by atoms with Crippen LogP contribution in [0.4, 0.5) is 5.69 Å². The number of hydrogen-bond donors (Lipinski definition) is 1. The second kappa shape index (κ2) is 8.88. The quantitative estimate of drug-likeness (QED) is 0.807. The zero-order valence-electron chi connectivity index (χ0n) is 14.2. The molecule has 1 aliphatic heterocycles. The zero-order valence-corrected chi connectivity index (χ0v) is 15.9. The van der Waals surface area contributed by atoms with Gasteiger partial charge in [0, 0.05) is 17.2 Å². The van der Waals surface area contributed by atoms with Crippen LogP contribution in [-0.2, 0) is 4.79 Å². The molecule has 0 atom stereocenters. The molecular formula is C19H18N2O3S2. The highest BCUT2D eigenvalue weighted by Gasteiger charge is 2.20. The largest absolute Gasteiger partial charge is 0.493 e. The van der Waals surface area contributed by atoms with E-state index in [2.05, 4.69) is 5.32 Å². The van der Waals surface area contributed by atoms with Crippen LogP contribution >= 0.6 is 23.5 Å². The first-order valence-electron chi connectivity index (χ1n) is 8.03. The summed E-state index contributed by atoms with van der Waals surface area (Å²) in [6.45, 7) is -0.139. The van der Waals surface area contributed by atoms with E-state index >= 15 is 0 Å². The van der Waals surface area contributed by atoms with Crippen molar-refractivity contribution in [3.8, 4) is 17.6 Å². The number of nitrogens with one attached hydrogen (secondary N) is 1. The van der Waals surface area contributed by atoms with Gasteiger partial charge in [0.25, 0.3) is 5.91 Å². The van der Waals surface area contributed by atoms with Crippen molar-refractivity contribution < 1.29 is 14.3 Å². The van der Waals surface area contributed by atoms with E-state index in [1.54, 1.807) is 31.4 Å². The number of anilines is 1. The number of nitriles is 1. The number of thioether (sulfide) groups is 2. The third-order valence-corrected chi connectivity index (χ3v) is 6.82. The number of carbonyl (C=O) groups is 1. The summed E-state index contributed by atoms with van der Waals surface area (Å²) >= 11 is 3.85. The maximum Gasteiger partial charge on any atom is 0.262 e. The van der Waals surface area contributed by atoms with Crippen LogP contribution in [0.3, 0.4) is 0 Å². The van der Waals surface area contributed by atoms with E-state index in [1.165, 1.54) is 5.56 Å². The number of benzene rings is 2. The number of hydrogen-bond acceptors (Lipinski definition) is 6.